The minimum absolute atomic E-state index is 0.199. The van der Waals surface area contributed by atoms with E-state index in [1.165, 1.54) is 6.07 Å². The van der Waals surface area contributed by atoms with Crippen LogP contribution in [-0.2, 0) is 16.6 Å². The minimum atomic E-state index is -3.57. The second-order valence-corrected chi connectivity index (χ2v) is 5.95. The molecule has 6 heteroatoms. The number of nitrogens with two attached hydrogens (primary N) is 1. The number of anilines is 1. The lowest BCUT2D eigenvalue weighted by Gasteiger charge is -2.10. The SMILES string of the molecule is Cc1ccc(N)cc1S(=O)(=O)NCc1cccnc1. The average molecular weight is 277 g/mol. The Kier molecular flexibility index (Phi) is 3.82. The van der Waals surface area contributed by atoms with E-state index in [0.29, 0.717) is 11.3 Å². The Hall–Kier alpha value is -1.92. The summed E-state index contributed by atoms with van der Waals surface area (Å²) in [7, 11) is -3.57. The number of nitrogens with one attached hydrogen (secondary N) is 1. The molecule has 0 radical (unpaired) electrons. The lowest BCUT2D eigenvalue weighted by molar-refractivity contribution is 0.580. The first-order chi connectivity index (χ1) is 8.99. The summed E-state index contributed by atoms with van der Waals surface area (Å²) in [5.74, 6) is 0. The molecule has 0 aliphatic carbocycles. The maximum absolute atomic E-state index is 12.2. The van der Waals surface area contributed by atoms with Gasteiger partial charge in [-0.25, -0.2) is 13.1 Å². The smallest absolute Gasteiger partial charge is 0.241 e. The van der Waals surface area contributed by atoms with Gasteiger partial charge in [0.1, 0.15) is 0 Å². The number of hydrogen-bond donors (Lipinski definition) is 2. The number of pyridine rings is 1. The number of nitrogens with zero attached hydrogens (tertiary/aromatic N) is 1. The number of sulfonamides is 1. The molecule has 0 saturated heterocycles. The summed E-state index contributed by atoms with van der Waals surface area (Å²) in [6.45, 7) is 1.93. The number of aryl methyl sites for hydroxylation is 1. The molecular formula is C13H15N3O2S. The van der Waals surface area contributed by atoms with Gasteiger partial charge in [-0.2, -0.15) is 0 Å². The fourth-order valence-corrected chi connectivity index (χ4v) is 2.96. The Morgan fingerprint density at radius 1 is 1.32 bits per heavy atom. The van der Waals surface area contributed by atoms with Crippen LogP contribution in [0.2, 0.25) is 0 Å². The van der Waals surface area contributed by atoms with Crippen molar-refractivity contribution in [2.24, 2.45) is 0 Å². The van der Waals surface area contributed by atoms with Gasteiger partial charge in [-0.3, -0.25) is 4.98 Å². The monoisotopic (exact) mass is 277 g/mol. The summed E-state index contributed by atoms with van der Waals surface area (Å²) < 4.78 is 26.9. The number of rotatable bonds is 4. The van der Waals surface area contributed by atoms with E-state index in [1.807, 2.05) is 6.07 Å². The van der Waals surface area contributed by atoms with Crippen molar-refractivity contribution in [1.29, 1.82) is 0 Å². The molecule has 5 nitrogen and oxygen atoms in total. The van der Waals surface area contributed by atoms with Crippen LogP contribution in [0.3, 0.4) is 0 Å². The molecule has 100 valence electrons. The number of benzene rings is 1. The summed E-state index contributed by atoms with van der Waals surface area (Å²) in [5.41, 5.74) is 7.51. The van der Waals surface area contributed by atoms with Crippen LogP contribution in [0.1, 0.15) is 11.1 Å². The van der Waals surface area contributed by atoms with Crippen LogP contribution in [0.4, 0.5) is 5.69 Å². The highest BCUT2D eigenvalue weighted by atomic mass is 32.2. The summed E-state index contributed by atoms with van der Waals surface area (Å²) in [5, 5.41) is 0. The Labute approximate surface area is 112 Å². The van der Waals surface area contributed by atoms with Crippen LogP contribution in [-0.4, -0.2) is 13.4 Å². The molecule has 2 rings (SSSR count). The summed E-state index contributed by atoms with van der Waals surface area (Å²) in [6, 6.07) is 8.39. The quantitative estimate of drug-likeness (QED) is 0.828. The predicted molar refractivity (Wildman–Crippen MR) is 73.9 cm³/mol. The third-order valence-electron chi connectivity index (χ3n) is 2.69. The molecule has 0 aliphatic heterocycles. The van der Waals surface area contributed by atoms with Gasteiger partial charge >= 0.3 is 0 Å². The fraction of sp³-hybridized carbons (Fsp3) is 0.154. The van der Waals surface area contributed by atoms with Gasteiger partial charge in [0.15, 0.2) is 0 Å². The third kappa shape index (κ3) is 3.30. The fourth-order valence-electron chi connectivity index (χ4n) is 1.66. The maximum Gasteiger partial charge on any atom is 0.241 e. The molecule has 0 atom stereocenters. The second-order valence-electron chi connectivity index (χ2n) is 4.21. The zero-order valence-electron chi connectivity index (χ0n) is 10.5. The molecule has 19 heavy (non-hydrogen) atoms. The molecule has 0 saturated carbocycles. The van der Waals surface area contributed by atoms with Crippen molar-refractivity contribution < 1.29 is 8.42 Å². The van der Waals surface area contributed by atoms with Crippen LogP contribution < -0.4 is 10.5 Å². The van der Waals surface area contributed by atoms with Gasteiger partial charge in [-0.15, -0.1) is 0 Å². The van der Waals surface area contributed by atoms with E-state index in [0.717, 1.165) is 5.56 Å². The first-order valence-electron chi connectivity index (χ1n) is 5.74. The van der Waals surface area contributed by atoms with E-state index in [1.54, 1.807) is 37.5 Å². The average Bonchev–Trinajstić information content (AvgIpc) is 2.40. The van der Waals surface area contributed by atoms with Gasteiger partial charge in [0, 0.05) is 24.6 Å². The van der Waals surface area contributed by atoms with Crippen LogP contribution in [0.15, 0.2) is 47.6 Å². The van der Waals surface area contributed by atoms with Gasteiger partial charge in [0.2, 0.25) is 10.0 Å². The Morgan fingerprint density at radius 2 is 2.11 bits per heavy atom. The highest BCUT2D eigenvalue weighted by molar-refractivity contribution is 7.89. The molecular weight excluding hydrogens is 262 g/mol. The van der Waals surface area contributed by atoms with Crippen molar-refractivity contribution in [2.75, 3.05) is 5.73 Å². The van der Waals surface area contributed by atoms with E-state index in [-0.39, 0.29) is 11.4 Å². The zero-order chi connectivity index (χ0) is 13.9. The van der Waals surface area contributed by atoms with E-state index >= 15 is 0 Å². The molecule has 0 fully saturated rings. The molecule has 1 aromatic carbocycles. The van der Waals surface area contributed by atoms with Gasteiger partial charge in [0.05, 0.1) is 4.90 Å². The molecule has 3 N–H and O–H groups in total. The van der Waals surface area contributed by atoms with Gasteiger partial charge in [0.25, 0.3) is 0 Å². The third-order valence-corrected chi connectivity index (χ3v) is 4.23. The standard InChI is InChI=1S/C13H15N3O2S/c1-10-4-5-12(14)7-13(10)19(17,18)16-9-11-3-2-6-15-8-11/h2-8,16H,9,14H2,1H3. The largest absolute Gasteiger partial charge is 0.399 e. The molecule has 1 aromatic heterocycles. The van der Waals surface area contributed by atoms with Crippen molar-refractivity contribution in [3.63, 3.8) is 0 Å². The topological polar surface area (TPSA) is 85.1 Å². The van der Waals surface area contributed by atoms with Gasteiger partial charge in [-0.1, -0.05) is 12.1 Å². The van der Waals surface area contributed by atoms with Gasteiger partial charge in [-0.05, 0) is 36.2 Å². The lowest BCUT2D eigenvalue weighted by Crippen LogP contribution is -2.24. The van der Waals surface area contributed by atoms with E-state index in [9.17, 15) is 8.42 Å². The highest BCUT2D eigenvalue weighted by Crippen LogP contribution is 2.18. The van der Waals surface area contributed by atoms with E-state index < -0.39 is 10.0 Å². The summed E-state index contributed by atoms with van der Waals surface area (Å²) >= 11 is 0. The second kappa shape index (κ2) is 5.38. The number of nitrogen functional groups attached to an aromatic ring is 1. The normalized spacial score (nSPS) is 11.4. The van der Waals surface area contributed by atoms with Crippen LogP contribution in [0, 0.1) is 6.92 Å². The molecule has 0 unspecified atom stereocenters. The Bertz CT molecular complexity index is 670. The molecule has 1 heterocycles. The highest BCUT2D eigenvalue weighted by Gasteiger charge is 2.16. The van der Waals surface area contributed by atoms with Crippen molar-refractivity contribution in [1.82, 2.24) is 9.71 Å². The first kappa shape index (κ1) is 13.5. The molecule has 0 spiro atoms. The van der Waals surface area contributed by atoms with Crippen molar-refractivity contribution >= 4 is 15.7 Å². The molecule has 0 amide bonds. The Morgan fingerprint density at radius 3 is 2.79 bits per heavy atom. The van der Waals surface area contributed by atoms with Crippen LogP contribution >= 0.6 is 0 Å². The number of aromatic nitrogens is 1. The summed E-state index contributed by atoms with van der Waals surface area (Å²) in [6.07, 6.45) is 3.26. The zero-order valence-corrected chi connectivity index (χ0v) is 11.3. The van der Waals surface area contributed by atoms with Crippen molar-refractivity contribution in [3.05, 3.63) is 53.9 Å². The molecule has 0 aliphatic rings. The summed E-state index contributed by atoms with van der Waals surface area (Å²) in [4.78, 5) is 4.14. The van der Waals surface area contributed by atoms with E-state index in [2.05, 4.69) is 9.71 Å². The number of hydrogen-bond acceptors (Lipinski definition) is 4. The van der Waals surface area contributed by atoms with Crippen LogP contribution in [0.5, 0.6) is 0 Å². The molecule has 2 aromatic rings. The minimum Gasteiger partial charge on any atom is -0.399 e. The first-order valence-corrected chi connectivity index (χ1v) is 7.22. The van der Waals surface area contributed by atoms with Crippen LogP contribution in [0.25, 0.3) is 0 Å². The Balaban J connectivity index is 2.21. The van der Waals surface area contributed by atoms with Crippen molar-refractivity contribution in [2.45, 2.75) is 18.4 Å². The molecule has 0 bridgehead atoms. The van der Waals surface area contributed by atoms with Crippen molar-refractivity contribution in [3.8, 4) is 0 Å². The predicted octanol–water partition coefficient (Wildman–Crippen LogP) is 1.45. The lowest BCUT2D eigenvalue weighted by atomic mass is 10.2. The maximum atomic E-state index is 12.2. The van der Waals surface area contributed by atoms with Gasteiger partial charge < -0.3 is 5.73 Å². The van der Waals surface area contributed by atoms with E-state index in [4.69, 9.17) is 5.73 Å².